The van der Waals surface area contributed by atoms with Gasteiger partial charge >= 0.3 is 5.97 Å². The molecule has 2 saturated heterocycles. The van der Waals surface area contributed by atoms with Gasteiger partial charge in [-0.15, -0.1) is 0 Å². The summed E-state index contributed by atoms with van der Waals surface area (Å²) in [4.78, 5) is 34.1. The molecule has 8 heteroatoms. The molecule has 2 aliphatic rings. The second-order valence-corrected chi connectivity index (χ2v) is 4.93. The summed E-state index contributed by atoms with van der Waals surface area (Å²) in [6, 6.07) is -2.46. The number of carbonyl (C=O) groups excluding carboxylic acids is 2. The van der Waals surface area contributed by atoms with E-state index in [0.717, 1.165) is 4.90 Å². The maximum Gasteiger partial charge on any atom is 0.334 e. The number of hydrogen-bond donors (Lipinski definition) is 2. The molecule has 15 heavy (non-hydrogen) atoms. The summed E-state index contributed by atoms with van der Waals surface area (Å²) in [6.45, 7) is 0. The molecule has 0 radical (unpaired) electrons. The van der Waals surface area contributed by atoms with Gasteiger partial charge in [-0.25, -0.2) is 4.79 Å². The Kier molecular flexibility index (Phi) is 2.12. The van der Waals surface area contributed by atoms with Crippen LogP contribution in [0.15, 0.2) is 0 Å². The molecule has 0 aliphatic carbocycles. The summed E-state index contributed by atoms with van der Waals surface area (Å²) in [5.41, 5.74) is 5.39. The number of amides is 1. The summed E-state index contributed by atoms with van der Waals surface area (Å²) in [5.74, 6) is -3.09. The van der Waals surface area contributed by atoms with Crippen LogP contribution in [0.1, 0.15) is 0 Å². The summed E-state index contributed by atoms with van der Waals surface area (Å²) in [6.07, 6.45) is 0. The first kappa shape index (κ1) is 10.2. The van der Waals surface area contributed by atoms with E-state index in [0.29, 0.717) is 0 Å². The van der Waals surface area contributed by atoms with Crippen molar-refractivity contribution in [3.63, 3.8) is 0 Å². The van der Waals surface area contributed by atoms with E-state index >= 15 is 0 Å². The van der Waals surface area contributed by atoms with Gasteiger partial charge in [-0.2, -0.15) is 0 Å². The highest BCUT2D eigenvalue weighted by molar-refractivity contribution is 7.86. The van der Waals surface area contributed by atoms with Gasteiger partial charge in [0.15, 0.2) is 11.8 Å². The molecule has 2 fully saturated rings. The number of carbonyl (C=O) groups is 3. The van der Waals surface area contributed by atoms with Crippen LogP contribution < -0.4 is 5.73 Å². The van der Waals surface area contributed by atoms with Crippen molar-refractivity contribution in [2.75, 3.05) is 5.75 Å². The molecule has 0 aromatic rings. The highest BCUT2D eigenvalue weighted by atomic mass is 32.2. The molecule has 0 bridgehead atoms. The number of carboxylic acid groups (broad SMARTS) is 1. The maximum absolute atomic E-state index is 11.4. The van der Waals surface area contributed by atoms with Gasteiger partial charge in [0.25, 0.3) is 0 Å². The first-order valence-corrected chi connectivity index (χ1v) is 5.54. The lowest BCUT2D eigenvalue weighted by atomic mass is 10.0. The van der Waals surface area contributed by atoms with Crippen LogP contribution in [0.4, 0.5) is 0 Å². The summed E-state index contributed by atoms with van der Waals surface area (Å²) in [7, 11) is -1.58. The van der Waals surface area contributed by atoms with Crippen molar-refractivity contribution in [1.29, 1.82) is 0 Å². The van der Waals surface area contributed by atoms with Gasteiger partial charge in [0, 0.05) is 0 Å². The molecule has 0 spiro atoms. The Morgan fingerprint density at radius 1 is 1.53 bits per heavy atom. The van der Waals surface area contributed by atoms with E-state index in [4.69, 9.17) is 10.8 Å². The fourth-order valence-electron chi connectivity index (χ4n) is 1.79. The minimum atomic E-state index is -1.58. The van der Waals surface area contributed by atoms with E-state index in [1.54, 1.807) is 0 Å². The number of fused-ring (bicyclic) bond motifs is 1. The van der Waals surface area contributed by atoms with Gasteiger partial charge in [-0.3, -0.25) is 13.8 Å². The van der Waals surface area contributed by atoms with Crippen molar-refractivity contribution >= 4 is 28.5 Å². The zero-order valence-corrected chi connectivity index (χ0v) is 8.27. The van der Waals surface area contributed by atoms with E-state index in [1.165, 1.54) is 0 Å². The molecule has 0 aromatic heterocycles. The van der Waals surface area contributed by atoms with Gasteiger partial charge in [0.1, 0.15) is 11.4 Å². The SMILES string of the molecule is NC1C(=O)N2C(C(=O)O)C(=O)CS(=O)[C@@H]12. The molecule has 7 nitrogen and oxygen atoms in total. The molecule has 82 valence electrons. The molecule has 3 N–H and O–H groups in total. The standard InChI is InChI=1S/C7H8N2O5S/c8-3-5(11)9-4(7(12)13)2(10)1-15(14)6(3)9/h3-4,6H,1,8H2,(H,12,13)/t3?,4?,6-,15?/m0/s1. The van der Waals surface area contributed by atoms with E-state index < -0.39 is 45.9 Å². The zero-order chi connectivity index (χ0) is 11.3. The Balaban J connectivity index is 2.35. The van der Waals surface area contributed by atoms with Crippen LogP contribution in [-0.4, -0.2) is 55.1 Å². The highest BCUT2D eigenvalue weighted by Crippen LogP contribution is 2.29. The number of nitrogens with zero attached hydrogens (tertiary/aromatic N) is 1. The molecule has 2 heterocycles. The normalized spacial score (nSPS) is 39.7. The van der Waals surface area contributed by atoms with Crippen LogP contribution in [-0.2, 0) is 25.2 Å². The van der Waals surface area contributed by atoms with Gasteiger partial charge in [0.2, 0.25) is 5.91 Å². The van der Waals surface area contributed by atoms with Crippen LogP contribution in [0.3, 0.4) is 0 Å². The fourth-order valence-corrected chi connectivity index (χ4v) is 3.32. The van der Waals surface area contributed by atoms with Crippen LogP contribution in [0.2, 0.25) is 0 Å². The van der Waals surface area contributed by atoms with Crippen molar-refractivity contribution < 1.29 is 23.7 Å². The molecule has 2 rings (SSSR count). The van der Waals surface area contributed by atoms with Crippen molar-refractivity contribution in [2.45, 2.75) is 17.5 Å². The second kappa shape index (κ2) is 3.11. The van der Waals surface area contributed by atoms with Crippen LogP contribution in [0, 0.1) is 0 Å². The van der Waals surface area contributed by atoms with Crippen LogP contribution >= 0.6 is 0 Å². The second-order valence-electron chi connectivity index (χ2n) is 3.39. The average molecular weight is 232 g/mol. The van der Waals surface area contributed by atoms with Gasteiger partial charge in [-0.05, 0) is 0 Å². The maximum atomic E-state index is 11.4. The first-order chi connectivity index (χ1) is 6.95. The molecular formula is C7H8N2O5S. The lowest BCUT2D eigenvalue weighted by Crippen LogP contribution is -2.77. The highest BCUT2D eigenvalue weighted by Gasteiger charge is 2.58. The summed E-state index contributed by atoms with van der Waals surface area (Å²) in [5, 5.41) is 7.94. The fraction of sp³-hybridized carbons (Fsp3) is 0.571. The van der Waals surface area contributed by atoms with Crippen molar-refractivity contribution in [2.24, 2.45) is 5.73 Å². The topological polar surface area (TPSA) is 118 Å². The van der Waals surface area contributed by atoms with Crippen molar-refractivity contribution in [3.05, 3.63) is 0 Å². The number of rotatable bonds is 1. The number of hydrogen-bond acceptors (Lipinski definition) is 5. The zero-order valence-electron chi connectivity index (χ0n) is 7.45. The number of ketones is 1. The van der Waals surface area contributed by atoms with Gasteiger partial charge < -0.3 is 15.7 Å². The number of nitrogens with two attached hydrogens (primary N) is 1. The minimum absolute atomic E-state index is 0.348. The van der Waals surface area contributed by atoms with Crippen molar-refractivity contribution in [3.8, 4) is 0 Å². The Morgan fingerprint density at radius 3 is 2.67 bits per heavy atom. The summed E-state index contributed by atoms with van der Waals surface area (Å²) < 4.78 is 11.4. The Labute approximate surface area is 86.7 Å². The van der Waals surface area contributed by atoms with E-state index in [2.05, 4.69) is 0 Å². The Hall–Kier alpha value is -1.28. The van der Waals surface area contributed by atoms with E-state index in [-0.39, 0.29) is 5.75 Å². The minimum Gasteiger partial charge on any atom is -0.479 e. The molecule has 0 saturated carbocycles. The third kappa shape index (κ3) is 1.21. The molecular weight excluding hydrogens is 224 g/mol. The molecule has 1 amide bonds. The van der Waals surface area contributed by atoms with Gasteiger partial charge in [-0.1, -0.05) is 0 Å². The number of Topliss-reactive ketones (excluding diaryl/α,β-unsaturated/α-hetero) is 1. The van der Waals surface area contributed by atoms with Gasteiger partial charge in [0.05, 0.1) is 16.6 Å². The van der Waals surface area contributed by atoms with E-state index in [1.807, 2.05) is 0 Å². The predicted octanol–water partition coefficient (Wildman–Crippen LogP) is -2.73. The van der Waals surface area contributed by atoms with E-state index in [9.17, 15) is 18.6 Å². The number of carboxylic acids is 1. The molecule has 2 aliphatic heterocycles. The third-order valence-electron chi connectivity index (χ3n) is 2.49. The molecule has 0 aromatic carbocycles. The van der Waals surface area contributed by atoms with Crippen LogP contribution in [0.25, 0.3) is 0 Å². The number of aliphatic carboxylic acids is 1. The monoisotopic (exact) mass is 232 g/mol. The Bertz CT molecular complexity index is 395. The lowest BCUT2D eigenvalue weighted by Gasteiger charge is -2.49. The largest absolute Gasteiger partial charge is 0.479 e. The smallest absolute Gasteiger partial charge is 0.334 e. The lowest BCUT2D eigenvalue weighted by molar-refractivity contribution is -0.163. The predicted molar refractivity (Wildman–Crippen MR) is 48.0 cm³/mol. The number of β-lactam (4-membered cyclic amide) rings is 1. The first-order valence-electron chi connectivity index (χ1n) is 4.15. The average Bonchev–Trinajstić information content (AvgIpc) is 2.15. The molecule has 3 unspecified atom stereocenters. The molecule has 4 atom stereocenters. The quantitative estimate of drug-likeness (QED) is 0.374. The third-order valence-corrected chi connectivity index (χ3v) is 4.12. The van der Waals surface area contributed by atoms with Crippen LogP contribution in [0.5, 0.6) is 0 Å². The Morgan fingerprint density at radius 2 is 2.13 bits per heavy atom. The van der Waals surface area contributed by atoms with Crippen molar-refractivity contribution in [1.82, 2.24) is 4.90 Å². The summed E-state index contributed by atoms with van der Waals surface area (Å²) >= 11 is 0.